The maximum Gasteiger partial charge on any atom is 0.410 e. The first-order chi connectivity index (χ1) is 23.5. The van der Waals surface area contributed by atoms with Crippen LogP contribution in [0.3, 0.4) is 0 Å². The van der Waals surface area contributed by atoms with Gasteiger partial charge in [0.1, 0.15) is 43.4 Å². The Morgan fingerprint density at radius 2 is 1.37 bits per heavy atom. The van der Waals surface area contributed by atoms with Crippen LogP contribution in [0.25, 0.3) is 0 Å². The molecule has 262 valence electrons. The molecule has 13 heteroatoms. The Morgan fingerprint density at radius 1 is 0.857 bits per heavy atom. The number of ketones is 1. The van der Waals surface area contributed by atoms with Gasteiger partial charge in [-0.1, -0.05) is 72.8 Å². The zero-order chi connectivity index (χ0) is 35.3. The van der Waals surface area contributed by atoms with E-state index in [1.54, 1.807) is 60.7 Å². The highest BCUT2D eigenvalue weighted by Crippen LogP contribution is 2.43. The number of ether oxygens (including phenoxy) is 5. The van der Waals surface area contributed by atoms with Crippen molar-refractivity contribution in [2.24, 2.45) is 5.92 Å². The fourth-order valence-electron chi connectivity index (χ4n) is 6.38. The van der Waals surface area contributed by atoms with Crippen molar-refractivity contribution < 1.29 is 53.4 Å². The minimum atomic E-state index is -2.70. The fourth-order valence-corrected chi connectivity index (χ4v) is 6.38. The number of hydrogen-bond acceptors (Lipinski definition) is 11. The van der Waals surface area contributed by atoms with Gasteiger partial charge in [-0.05, 0) is 24.0 Å². The van der Waals surface area contributed by atoms with Gasteiger partial charge in [0.05, 0.1) is 12.1 Å². The summed E-state index contributed by atoms with van der Waals surface area (Å²) in [5, 5.41) is 35.1. The van der Waals surface area contributed by atoms with E-state index in [2.05, 4.69) is 13.2 Å². The van der Waals surface area contributed by atoms with E-state index in [9.17, 15) is 29.7 Å². The van der Waals surface area contributed by atoms with Crippen LogP contribution in [0.4, 0.5) is 9.59 Å². The second kappa shape index (κ2) is 15.3. The largest absolute Gasteiger partial charge is 0.462 e. The van der Waals surface area contributed by atoms with E-state index < -0.39 is 66.5 Å². The number of aliphatic hydroxyl groups excluding tert-OH is 2. The number of rotatable bonds is 11. The molecule has 0 spiro atoms. The van der Waals surface area contributed by atoms with Crippen molar-refractivity contribution >= 4 is 18.0 Å². The van der Waals surface area contributed by atoms with Gasteiger partial charge in [0.2, 0.25) is 5.78 Å². The van der Waals surface area contributed by atoms with E-state index in [0.717, 1.165) is 15.9 Å². The summed E-state index contributed by atoms with van der Waals surface area (Å²) in [7, 11) is 2.65. The van der Waals surface area contributed by atoms with Gasteiger partial charge >= 0.3 is 12.2 Å². The van der Waals surface area contributed by atoms with E-state index in [-0.39, 0.29) is 24.9 Å². The van der Waals surface area contributed by atoms with Crippen molar-refractivity contribution in [1.82, 2.24) is 9.80 Å². The molecule has 5 rings (SSSR count). The molecule has 49 heavy (non-hydrogen) atoms. The average molecular weight is 679 g/mol. The number of allylic oxidation sites excluding steroid dienone is 3. The molecule has 3 aliphatic rings. The molecule has 1 saturated carbocycles. The Kier molecular flexibility index (Phi) is 11.2. The van der Waals surface area contributed by atoms with Crippen molar-refractivity contribution in [2.45, 2.75) is 74.6 Å². The number of nitrogens with zero attached hydrogens (tertiary/aromatic N) is 2. The van der Waals surface area contributed by atoms with Crippen LogP contribution in [0.2, 0.25) is 0 Å². The van der Waals surface area contributed by atoms with Gasteiger partial charge in [0, 0.05) is 26.1 Å². The van der Waals surface area contributed by atoms with Gasteiger partial charge in [0.25, 0.3) is 12.1 Å². The number of fused-ring (bicyclic) bond motifs is 2. The van der Waals surface area contributed by atoms with Crippen LogP contribution < -0.4 is 0 Å². The lowest BCUT2D eigenvalue weighted by Gasteiger charge is -2.56. The number of carbonyl (C=O) groups excluding carboxylic acids is 3. The van der Waals surface area contributed by atoms with Crippen LogP contribution in [0, 0.1) is 5.92 Å². The molecule has 0 bridgehead atoms. The number of amides is 2. The van der Waals surface area contributed by atoms with Gasteiger partial charge in [-0.15, -0.1) is 13.2 Å². The van der Waals surface area contributed by atoms with Crippen LogP contribution in [0.1, 0.15) is 24.0 Å². The highest BCUT2D eigenvalue weighted by Gasteiger charge is 2.65. The Morgan fingerprint density at radius 3 is 1.88 bits per heavy atom. The second-order valence-electron chi connectivity index (χ2n) is 12.3. The minimum Gasteiger partial charge on any atom is -0.462 e. The highest BCUT2D eigenvalue weighted by molar-refractivity contribution is 5.97. The summed E-state index contributed by atoms with van der Waals surface area (Å²) >= 11 is 0. The quantitative estimate of drug-likeness (QED) is 0.299. The molecule has 1 aliphatic carbocycles. The van der Waals surface area contributed by atoms with E-state index >= 15 is 0 Å². The second-order valence-corrected chi connectivity index (χ2v) is 12.3. The SMILES string of the molecule is C=CCC(CC=C)C1=CC(=O)[C@]2(O)O[C@H]3[C@H](O[C@@H]2O1)[C@@H](O)[C@H](N(C)C(=O)OCc1ccccc1)[C@H](O)[C@@H]3N(C)C(=O)OCc1ccccc1. The van der Waals surface area contributed by atoms with E-state index in [0.29, 0.717) is 24.0 Å². The molecule has 2 fully saturated rings. The third-order valence-electron chi connectivity index (χ3n) is 9.02. The van der Waals surface area contributed by atoms with Crippen LogP contribution >= 0.6 is 0 Å². The Bertz CT molecular complexity index is 1530. The summed E-state index contributed by atoms with van der Waals surface area (Å²) in [6.07, 6.45) is -4.55. The zero-order valence-corrected chi connectivity index (χ0v) is 27.4. The fraction of sp³-hybridized carbons (Fsp3) is 0.417. The number of hydrogen-bond donors (Lipinski definition) is 3. The molecular formula is C36H42N2O11. The lowest BCUT2D eigenvalue weighted by atomic mass is 9.78. The summed E-state index contributed by atoms with van der Waals surface area (Å²) in [5.74, 6) is -3.74. The predicted molar refractivity (Wildman–Crippen MR) is 174 cm³/mol. The van der Waals surface area contributed by atoms with E-state index in [4.69, 9.17) is 23.7 Å². The van der Waals surface area contributed by atoms with Crippen molar-refractivity contribution in [3.63, 3.8) is 0 Å². The smallest absolute Gasteiger partial charge is 0.410 e. The Hall–Kier alpha value is -4.53. The molecule has 1 saturated heterocycles. The maximum atomic E-state index is 13.5. The van der Waals surface area contributed by atoms with Gasteiger partial charge in [-0.3, -0.25) is 4.79 Å². The van der Waals surface area contributed by atoms with E-state index in [1.807, 2.05) is 12.1 Å². The third-order valence-corrected chi connectivity index (χ3v) is 9.02. The lowest BCUT2D eigenvalue weighted by molar-refractivity contribution is -0.408. The Balaban J connectivity index is 1.44. The number of likely N-dealkylation sites (N-methyl/N-ethyl adjacent to an activating group) is 2. The molecule has 0 aromatic heterocycles. The summed E-state index contributed by atoms with van der Waals surface area (Å²) in [5.41, 5.74) is 1.42. The molecule has 2 aromatic rings. The predicted octanol–water partition coefficient (Wildman–Crippen LogP) is 3.05. The molecule has 2 aliphatic heterocycles. The van der Waals surface area contributed by atoms with Crippen LogP contribution in [-0.4, -0.2) is 106 Å². The first-order valence-corrected chi connectivity index (χ1v) is 15.9. The molecule has 13 nitrogen and oxygen atoms in total. The number of benzene rings is 2. The zero-order valence-electron chi connectivity index (χ0n) is 27.4. The molecule has 3 N–H and O–H groups in total. The van der Waals surface area contributed by atoms with Gasteiger partial charge < -0.3 is 48.8 Å². The monoisotopic (exact) mass is 678 g/mol. The molecule has 2 heterocycles. The van der Waals surface area contributed by atoms with E-state index in [1.165, 1.54) is 14.1 Å². The van der Waals surface area contributed by atoms with Crippen molar-refractivity contribution in [3.8, 4) is 0 Å². The molecule has 2 amide bonds. The number of carbonyl (C=O) groups is 3. The standard InChI is InChI=1S/C36H42N2O11/c1-5-13-24(14-6-2)25-19-26(39)36(44)33(47-25)48-32-30(41)27(37(3)34(42)45-20-22-15-9-7-10-16-22)29(40)28(31(32)49-36)38(4)35(43)46-21-23-17-11-8-12-18-23/h5-12,15-19,24,27-33,40-41,44H,1-2,13-14,20-21H2,3-4H3/t27-,28+,29+,30+,31-,32-,33+,36+/m1/s1. The summed E-state index contributed by atoms with van der Waals surface area (Å²) in [4.78, 5) is 42.2. The normalized spacial score (nSPS) is 29.0. The third kappa shape index (κ3) is 7.41. The minimum absolute atomic E-state index is 0.0829. The average Bonchev–Trinajstić information content (AvgIpc) is 3.10. The highest BCUT2D eigenvalue weighted by atomic mass is 16.8. The van der Waals surface area contributed by atoms with Crippen LogP contribution in [0.15, 0.2) is 97.8 Å². The molecule has 0 radical (unpaired) electrons. The Labute approximate surface area is 284 Å². The van der Waals surface area contributed by atoms with Crippen molar-refractivity contribution in [2.75, 3.05) is 14.1 Å². The summed E-state index contributed by atoms with van der Waals surface area (Å²) in [6, 6.07) is 15.0. The van der Waals surface area contributed by atoms with Gasteiger partial charge in [0.15, 0.2) is 0 Å². The maximum absolute atomic E-state index is 13.5. The molecular weight excluding hydrogens is 636 g/mol. The number of aliphatic hydroxyl groups is 3. The summed E-state index contributed by atoms with van der Waals surface area (Å²) < 4.78 is 29.0. The van der Waals surface area contributed by atoms with Crippen molar-refractivity contribution in [3.05, 3.63) is 109 Å². The van der Waals surface area contributed by atoms with Gasteiger partial charge in [-0.2, -0.15) is 0 Å². The topological polar surface area (TPSA) is 165 Å². The van der Waals surface area contributed by atoms with Gasteiger partial charge in [-0.25, -0.2) is 9.59 Å². The summed E-state index contributed by atoms with van der Waals surface area (Å²) in [6.45, 7) is 7.32. The van der Waals surface area contributed by atoms with Crippen LogP contribution in [0.5, 0.6) is 0 Å². The van der Waals surface area contributed by atoms with Crippen molar-refractivity contribution in [1.29, 1.82) is 0 Å². The molecule has 2 aromatic carbocycles. The lowest BCUT2D eigenvalue weighted by Crippen LogP contribution is -2.78. The van der Waals surface area contributed by atoms with Crippen LogP contribution in [-0.2, 0) is 41.7 Å². The first-order valence-electron chi connectivity index (χ1n) is 15.9. The first kappa shape index (κ1) is 35.8. The molecule has 0 unspecified atom stereocenters. The molecule has 8 atom stereocenters.